The lowest BCUT2D eigenvalue weighted by Crippen LogP contribution is -2.14. The summed E-state index contributed by atoms with van der Waals surface area (Å²) in [5, 5.41) is 6.88. The summed E-state index contributed by atoms with van der Waals surface area (Å²) in [6.07, 6.45) is -1.34. The van der Waals surface area contributed by atoms with Gasteiger partial charge in [-0.05, 0) is 25.4 Å². The van der Waals surface area contributed by atoms with Crippen molar-refractivity contribution in [1.29, 1.82) is 0 Å². The Morgan fingerprint density at radius 2 is 2.33 bits per heavy atom. The van der Waals surface area contributed by atoms with Crippen molar-refractivity contribution in [2.75, 3.05) is 13.1 Å². The van der Waals surface area contributed by atoms with Crippen molar-refractivity contribution < 1.29 is 13.2 Å². The van der Waals surface area contributed by atoms with Gasteiger partial charge in [-0.1, -0.05) is 0 Å². The zero-order valence-corrected chi connectivity index (χ0v) is 8.09. The predicted octanol–water partition coefficient (Wildman–Crippen LogP) is 1.51. The number of aromatic nitrogens is 2. The topological polar surface area (TPSA) is 29.9 Å². The summed E-state index contributed by atoms with van der Waals surface area (Å²) in [5.74, 6) is 0.394. The van der Waals surface area contributed by atoms with E-state index in [0.717, 1.165) is 31.9 Å². The second kappa shape index (κ2) is 3.84. The van der Waals surface area contributed by atoms with Crippen LogP contribution in [0.2, 0.25) is 0 Å². The first-order chi connectivity index (χ1) is 7.05. The molecule has 1 unspecified atom stereocenters. The van der Waals surface area contributed by atoms with Crippen LogP contribution < -0.4 is 5.32 Å². The molecule has 1 N–H and O–H groups in total. The molecule has 1 fully saturated rings. The van der Waals surface area contributed by atoms with Crippen molar-refractivity contribution in [3.05, 3.63) is 18.0 Å². The Hall–Kier alpha value is -1.04. The lowest BCUT2D eigenvalue weighted by molar-refractivity contribution is -0.137. The van der Waals surface area contributed by atoms with E-state index in [0.29, 0.717) is 12.5 Å². The largest absolute Gasteiger partial charge is 0.419 e. The van der Waals surface area contributed by atoms with Gasteiger partial charge in [0.25, 0.3) is 0 Å². The zero-order chi connectivity index (χ0) is 10.9. The number of hydrogen-bond acceptors (Lipinski definition) is 2. The monoisotopic (exact) mass is 219 g/mol. The normalized spacial score (nSPS) is 22.2. The number of halogens is 3. The first-order valence-corrected chi connectivity index (χ1v) is 4.86. The number of rotatable bonds is 2. The van der Waals surface area contributed by atoms with Crippen LogP contribution in [0.3, 0.4) is 0 Å². The van der Waals surface area contributed by atoms with Crippen LogP contribution in [0.25, 0.3) is 0 Å². The number of hydrogen-bond donors (Lipinski definition) is 1. The van der Waals surface area contributed by atoms with E-state index in [2.05, 4.69) is 10.4 Å². The maximum Gasteiger partial charge on any atom is 0.419 e. The zero-order valence-electron chi connectivity index (χ0n) is 8.09. The van der Waals surface area contributed by atoms with E-state index in [9.17, 15) is 13.2 Å². The van der Waals surface area contributed by atoms with E-state index in [4.69, 9.17) is 0 Å². The van der Waals surface area contributed by atoms with E-state index in [-0.39, 0.29) is 0 Å². The molecule has 1 aromatic heterocycles. The van der Waals surface area contributed by atoms with Crippen molar-refractivity contribution in [1.82, 2.24) is 15.1 Å². The maximum absolute atomic E-state index is 12.2. The van der Waals surface area contributed by atoms with E-state index in [1.54, 1.807) is 0 Å². The highest BCUT2D eigenvalue weighted by atomic mass is 19.4. The molecule has 0 spiro atoms. The van der Waals surface area contributed by atoms with Crippen LogP contribution in [0, 0.1) is 5.92 Å². The van der Waals surface area contributed by atoms with Gasteiger partial charge in [0.1, 0.15) is 0 Å². The fourth-order valence-corrected chi connectivity index (χ4v) is 1.74. The first-order valence-electron chi connectivity index (χ1n) is 4.86. The Balaban J connectivity index is 2.00. The standard InChI is InChI=1S/C9H12F3N3/c10-9(11,12)8-4-14-15(6-8)5-7-1-2-13-3-7/h4,6-7,13H,1-3,5H2. The van der Waals surface area contributed by atoms with Crippen molar-refractivity contribution in [2.24, 2.45) is 5.92 Å². The summed E-state index contributed by atoms with van der Waals surface area (Å²) in [5.41, 5.74) is -0.673. The molecule has 0 bridgehead atoms. The van der Waals surface area contributed by atoms with Crippen LogP contribution in [0.4, 0.5) is 13.2 Å². The summed E-state index contributed by atoms with van der Waals surface area (Å²) < 4.78 is 38.1. The molecular weight excluding hydrogens is 207 g/mol. The highest BCUT2D eigenvalue weighted by molar-refractivity contribution is 5.08. The van der Waals surface area contributed by atoms with Crippen molar-refractivity contribution in [2.45, 2.75) is 19.1 Å². The van der Waals surface area contributed by atoms with E-state index >= 15 is 0 Å². The lowest BCUT2D eigenvalue weighted by atomic mass is 10.1. The minimum atomic E-state index is -4.29. The van der Waals surface area contributed by atoms with Crippen LogP contribution in [0.1, 0.15) is 12.0 Å². The molecule has 0 aromatic carbocycles. The molecule has 0 amide bonds. The third kappa shape index (κ3) is 2.50. The van der Waals surface area contributed by atoms with Crippen molar-refractivity contribution in [3.63, 3.8) is 0 Å². The van der Waals surface area contributed by atoms with Crippen molar-refractivity contribution in [3.8, 4) is 0 Å². The third-order valence-electron chi connectivity index (χ3n) is 2.57. The Labute approximate surface area is 85.3 Å². The summed E-state index contributed by atoms with van der Waals surface area (Å²) in [7, 11) is 0. The van der Waals surface area contributed by atoms with Gasteiger partial charge in [0.15, 0.2) is 0 Å². The summed E-state index contributed by atoms with van der Waals surface area (Å²) >= 11 is 0. The average Bonchev–Trinajstić information content (AvgIpc) is 2.73. The minimum Gasteiger partial charge on any atom is -0.316 e. The molecular formula is C9H12F3N3. The van der Waals surface area contributed by atoms with Gasteiger partial charge >= 0.3 is 6.18 Å². The molecule has 1 saturated heterocycles. The molecule has 84 valence electrons. The van der Waals surface area contributed by atoms with Gasteiger partial charge < -0.3 is 5.32 Å². The first kappa shape index (κ1) is 10.5. The SMILES string of the molecule is FC(F)(F)c1cnn(CC2CCNC2)c1. The van der Waals surface area contributed by atoms with Gasteiger partial charge in [-0.25, -0.2) is 0 Å². The highest BCUT2D eigenvalue weighted by Crippen LogP contribution is 2.28. The highest BCUT2D eigenvalue weighted by Gasteiger charge is 2.32. The van der Waals surface area contributed by atoms with E-state index in [1.165, 1.54) is 4.68 Å². The van der Waals surface area contributed by atoms with Crippen LogP contribution in [-0.4, -0.2) is 22.9 Å². The van der Waals surface area contributed by atoms with Crippen molar-refractivity contribution >= 4 is 0 Å². The van der Waals surface area contributed by atoms with Crippen LogP contribution in [0.15, 0.2) is 12.4 Å². The Bertz CT molecular complexity index is 326. The molecule has 0 aliphatic carbocycles. The summed E-state index contributed by atoms with van der Waals surface area (Å²) in [4.78, 5) is 0. The van der Waals surface area contributed by atoms with Gasteiger partial charge in [0.2, 0.25) is 0 Å². The summed E-state index contributed by atoms with van der Waals surface area (Å²) in [6, 6.07) is 0. The molecule has 1 aromatic rings. The van der Waals surface area contributed by atoms with Crippen LogP contribution in [0.5, 0.6) is 0 Å². The molecule has 0 saturated carbocycles. The van der Waals surface area contributed by atoms with Crippen LogP contribution in [-0.2, 0) is 12.7 Å². The molecule has 15 heavy (non-hydrogen) atoms. The molecule has 1 aliphatic heterocycles. The predicted molar refractivity (Wildman–Crippen MR) is 48.2 cm³/mol. The Morgan fingerprint density at radius 3 is 2.87 bits per heavy atom. The number of nitrogens with one attached hydrogen (secondary N) is 1. The second-order valence-corrected chi connectivity index (χ2v) is 3.81. The third-order valence-corrected chi connectivity index (χ3v) is 2.57. The molecule has 3 nitrogen and oxygen atoms in total. The number of nitrogens with zero attached hydrogens (tertiary/aromatic N) is 2. The average molecular weight is 219 g/mol. The van der Waals surface area contributed by atoms with Crippen LogP contribution >= 0.6 is 0 Å². The lowest BCUT2D eigenvalue weighted by Gasteiger charge is -2.07. The second-order valence-electron chi connectivity index (χ2n) is 3.81. The Kier molecular flexibility index (Phi) is 2.68. The minimum absolute atomic E-state index is 0.394. The smallest absolute Gasteiger partial charge is 0.316 e. The fourth-order valence-electron chi connectivity index (χ4n) is 1.74. The maximum atomic E-state index is 12.2. The van der Waals surface area contributed by atoms with Gasteiger partial charge in [0.05, 0.1) is 11.8 Å². The fraction of sp³-hybridized carbons (Fsp3) is 0.667. The molecule has 6 heteroatoms. The molecule has 1 atom stereocenters. The van der Waals surface area contributed by atoms with E-state index in [1.807, 2.05) is 0 Å². The van der Waals surface area contributed by atoms with Gasteiger partial charge in [-0.3, -0.25) is 4.68 Å². The van der Waals surface area contributed by atoms with Gasteiger partial charge in [-0.2, -0.15) is 18.3 Å². The quantitative estimate of drug-likeness (QED) is 0.817. The van der Waals surface area contributed by atoms with Gasteiger partial charge in [0, 0.05) is 12.7 Å². The Morgan fingerprint density at radius 1 is 1.53 bits per heavy atom. The molecule has 1 aliphatic rings. The molecule has 2 heterocycles. The number of alkyl halides is 3. The van der Waals surface area contributed by atoms with E-state index < -0.39 is 11.7 Å². The molecule has 0 radical (unpaired) electrons. The molecule has 2 rings (SSSR count). The summed E-state index contributed by atoms with van der Waals surface area (Å²) in [6.45, 7) is 2.36. The van der Waals surface area contributed by atoms with Gasteiger partial charge in [-0.15, -0.1) is 0 Å².